The lowest BCUT2D eigenvalue weighted by atomic mass is 10.1. The molecule has 3 rings (SSSR count). The van der Waals surface area contributed by atoms with E-state index in [0.29, 0.717) is 16.6 Å². The molecule has 1 aliphatic carbocycles. The van der Waals surface area contributed by atoms with Crippen LogP contribution in [-0.4, -0.2) is 28.4 Å². The summed E-state index contributed by atoms with van der Waals surface area (Å²) in [5.74, 6) is 0.333. The van der Waals surface area contributed by atoms with Gasteiger partial charge in [-0.05, 0) is 37.7 Å². The number of carbonyl (C=O) groups excluding carboxylic acids is 1. The zero-order chi connectivity index (χ0) is 14.8. The quantitative estimate of drug-likeness (QED) is 0.914. The molecule has 0 aliphatic heterocycles. The van der Waals surface area contributed by atoms with Gasteiger partial charge in [0.15, 0.2) is 0 Å². The largest absolute Gasteiger partial charge is 0.384 e. The van der Waals surface area contributed by atoms with Crippen molar-refractivity contribution >= 4 is 34.4 Å². The number of aromatic nitrogens is 1. The van der Waals surface area contributed by atoms with E-state index in [-0.39, 0.29) is 11.9 Å². The van der Waals surface area contributed by atoms with E-state index in [9.17, 15) is 4.79 Å². The van der Waals surface area contributed by atoms with E-state index in [1.807, 2.05) is 36.0 Å². The minimum Gasteiger partial charge on any atom is -0.384 e. The molecule has 110 valence electrons. The van der Waals surface area contributed by atoms with Gasteiger partial charge >= 0.3 is 0 Å². The highest BCUT2D eigenvalue weighted by atomic mass is 32.2. The van der Waals surface area contributed by atoms with E-state index in [1.165, 1.54) is 6.42 Å². The first-order valence-electron chi connectivity index (χ1n) is 7.16. The first-order valence-corrected chi connectivity index (χ1v) is 8.45. The Morgan fingerprint density at radius 2 is 2.19 bits per heavy atom. The van der Waals surface area contributed by atoms with Crippen molar-refractivity contribution in [2.75, 3.05) is 12.0 Å². The Balaban J connectivity index is 1.85. The molecule has 1 saturated carbocycles. The van der Waals surface area contributed by atoms with E-state index in [2.05, 4.69) is 16.6 Å². The molecule has 2 aromatic rings. The molecule has 0 bridgehead atoms. The van der Waals surface area contributed by atoms with Gasteiger partial charge in [-0.3, -0.25) is 4.79 Å². The molecule has 1 fully saturated rings. The lowest BCUT2D eigenvalue weighted by molar-refractivity contribution is 0.0939. The Labute approximate surface area is 128 Å². The molecule has 2 atom stereocenters. The minimum absolute atomic E-state index is 0.0490. The number of anilines is 1. The second-order valence-corrected chi connectivity index (χ2v) is 6.59. The van der Waals surface area contributed by atoms with Crippen LogP contribution in [0.15, 0.2) is 30.3 Å². The third kappa shape index (κ3) is 2.97. The topological polar surface area (TPSA) is 68.0 Å². The van der Waals surface area contributed by atoms with Gasteiger partial charge in [0.05, 0.1) is 11.1 Å². The number of hydrogen-bond donors (Lipinski definition) is 2. The summed E-state index contributed by atoms with van der Waals surface area (Å²) in [7, 11) is 0. The zero-order valence-electron chi connectivity index (χ0n) is 12.0. The molecule has 1 heterocycles. The SMILES string of the molecule is CSC1CCC(NC(=O)c2cc(N)nc3ccccc23)C1. The molecule has 4 nitrogen and oxygen atoms in total. The molecule has 0 saturated heterocycles. The van der Waals surface area contributed by atoms with Gasteiger partial charge in [-0.25, -0.2) is 4.98 Å². The van der Waals surface area contributed by atoms with Gasteiger partial charge in [-0.1, -0.05) is 18.2 Å². The lowest BCUT2D eigenvalue weighted by Gasteiger charge is -2.14. The van der Waals surface area contributed by atoms with Crippen LogP contribution in [0.1, 0.15) is 29.6 Å². The van der Waals surface area contributed by atoms with Crippen molar-refractivity contribution in [3.63, 3.8) is 0 Å². The van der Waals surface area contributed by atoms with Crippen LogP contribution in [0, 0.1) is 0 Å². The van der Waals surface area contributed by atoms with Crippen molar-refractivity contribution in [1.82, 2.24) is 10.3 Å². The summed E-state index contributed by atoms with van der Waals surface area (Å²) in [6.45, 7) is 0. The van der Waals surface area contributed by atoms with Gasteiger partial charge in [0.1, 0.15) is 5.82 Å². The number of rotatable bonds is 3. The Kier molecular flexibility index (Phi) is 4.01. The van der Waals surface area contributed by atoms with Gasteiger partial charge in [0.2, 0.25) is 0 Å². The number of para-hydroxylation sites is 1. The Morgan fingerprint density at radius 3 is 2.95 bits per heavy atom. The van der Waals surface area contributed by atoms with Crippen molar-refractivity contribution in [3.8, 4) is 0 Å². The van der Waals surface area contributed by atoms with Crippen molar-refractivity contribution in [3.05, 3.63) is 35.9 Å². The smallest absolute Gasteiger partial charge is 0.252 e. The van der Waals surface area contributed by atoms with Gasteiger partial charge in [0.25, 0.3) is 5.91 Å². The molecule has 1 amide bonds. The summed E-state index contributed by atoms with van der Waals surface area (Å²) in [6, 6.07) is 9.53. The first kappa shape index (κ1) is 14.2. The highest BCUT2D eigenvalue weighted by molar-refractivity contribution is 7.99. The van der Waals surface area contributed by atoms with E-state index in [0.717, 1.165) is 23.7 Å². The third-order valence-corrected chi connectivity index (χ3v) is 5.13. The number of nitrogens with one attached hydrogen (secondary N) is 1. The second kappa shape index (κ2) is 5.93. The summed E-state index contributed by atoms with van der Waals surface area (Å²) in [5.41, 5.74) is 7.20. The van der Waals surface area contributed by atoms with Crippen LogP contribution >= 0.6 is 11.8 Å². The molecule has 1 aromatic carbocycles. The summed E-state index contributed by atoms with van der Waals surface area (Å²) in [6.07, 6.45) is 5.40. The Morgan fingerprint density at radius 1 is 1.38 bits per heavy atom. The molecule has 0 spiro atoms. The second-order valence-electron chi connectivity index (χ2n) is 5.45. The number of fused-ring (bicyclic) bond motifs is 1. The summed E-state index contributed by atoms with van der Waals surface area (Å²) in [4.78, 5) is 16.8. The molecule has 2 unspecified atom stereocenters. The van der Waals surface area contributed by atoms with Crippen molar-refractivity contribution < 1.29 is 4.79 Å². The Hall–Kier alpha value is -1.75. The number of hydrogen-bond acceptors (Lipinski definition) is 4. The van der Waals surface area contributed by atoms with Crippen molar-refractivity contribution in [2.45, 2.75) is 30.6 Å². The van der Waals surface area contributed by atoms with Gasteiger partial charge in [-0.15, -0.1) is 0 Å². The van der Waals surface area contributed by atoms with Crippen molar-refractivity contribution in [1.29, 1.82) is 0 Å². The van der Waals surface area contributed by atoms with Gasteiger partial charge < -0.3 is 11.1 Å². The molecular weight excluding hydrogens is 282 g/mol. The Bertz CT molecular complexity index is 674. The standard InChI is InChI=1S/C16H19N3OS/c1-21-11-7-6-10(8-11)18-16(20)13-9-15(17)19-14-5-3-2-4-12(13)14/h2-5,9-11H,6-8H2,1H3,(H2,17,19)(H,18,20). The fourth-order valence-corrected chi connectivity index (χ4v) is 3.73. The van der Waals surface area contributed by atoms with E-state index in [1.54, 1.807) is 6.07 Å². The minimum atomic E-state index is -0.0490. The monoisotopic (exact) mass is 301 g/mol. The molecule has 21 heavy (non-hydrogen) atoms. The van der Waals surface area contributed by atoms with E-state index in [4.69, 9.17) is 5.73 Å². The maximum absolute atomic E-state index is 12.6. The van der Waals surface area contributed by atoms with E-state index >= 15 is 0 Å². The molecule has 1 aliphatic rings. The molecule has 0 radical (unpaired) electrons. The number of pyridine rings is 1. The average molecular weight is 301 g/mol. The molecule has 5 heteroatoms. The first-order chi connectivity index (χ1) is 10.2. The van der Waals surface area contributed by atoms with Gasteiger partial charge in [-0.2, -0.15) is 11.8 Å². The number of nitrogen functional groups attached to an aromatic ring is 1. The molecule has 3 N–H and O–H groups in total. The number of thioether (sulfide) groups is 1. The maximum atomic E-state index is 12.6. The highest BCUT2D eigenvalue weighted by Gasteiger charge is 2.26. The number of carbonyl (C=O) groups is 1. The van der Waals surface area contributed by atoms with E-state index < -0.39 is 0 Å². The predicted octanol–water partition coefficient (Wildman–Crippen LogP) is 2.83. The summed E-state index contributed by atoms with van der Waals surface area (Å²) >= 11 is 1.88. The lowest BCUT2D eigenvalue weighted by Crippen LogP contribution is -2.33. The van der Waals surface area contributed by atoms with Crippen LogP contribution in [0.5, 0.6) is 0 Å². The fraction of sp³-hybridized carbons (Fsp3) is 0.375. The number of amides is 1. The van der Waals surface area contributed by atoms with Crippen LogP contribution in [0.4, 0.5) is 5.82 Å². The van der Waals surface area contributed by atoms with Crippen LogP contribution in [0.2, 0.25) is 0 Å². The van der Waals surface area contributed by atoms with Crippen LogP contribution in [-0.2, 0) is 0 Å². The number of benzene rings is 1. The van der Waals surface area contributed by atoms with Crippen molar-refractivity contribution in [2.24, 2.45) is 0 Å². The molecule has 1 aromatic heterocycles. The van der Waals surface area contributed by atoms with Crippen LogP contribution in [0.3, 0.4) is 0 Å². The van der Waals surface area contributed by atoms with Gasteiger partial charge in [0, 0.05) is 16.7 Å². The van der Waals surface area contributed by atoms with Crippen LogP contribution < -0.4 is 11.1 Å². The highest BCUT2D eigenvalue weighted by Crippen LogP contribution is 2.28. The molecular formula is C16H19N3OS. The third-order valence-electron chi connectivity index (χ3n) is 4.03. The zero-order valence-corrected chi connectivity index (χ0v) is 12.8. The average Bonchev–Trinajstić information content (AvgIpc) is 2.94. The van der Waals surface area contributed by atoms with Crippen LogP contribution in [0.25, 0.3) is 10.9 Å². The summed E-state index contributed by atoms with van der Waals surface area (Å²) < 4.78 is 0. The fourth-order valence-electron chi connectivity index (χ4n) is 2.93. The maximum Gasteiger partial charge on any atom is 0.252 e. The number of nitrogens with zero attached hydrogens (tertiary/aromatic N) is 1. The summed E-state index contributed by atoms with van der Waals surface area (Å²) in [5, 5.41) is 4.66. The number of nitrogens with two attached hydrogens (primary N) is 1. The normalized spacial score (nSPS) is 21.6. The predicted molar refractivity (Wildman–Crippen MR) is 88.6 cm³/mol.